The Labute approximate surface area is 463 Å². The molecular weight excluding hydrogens is 1100 g/mol. The third-order valence-corrected chi connectivity index (χ3v) is 18.9. The van der Waals surface area contributed by atoms with Crippen LogP contribution < -0.4 is 51.6 Å². The van der Waals surface area contributed by atoms with Crippen molar-refractivity contribution >= 4 is 45.1 Å². The molecule has 28 N–H and O–H groups in total. The highest BCUT2D eigenvalue weighted by Gasteiger charge is 2.53. The Morgan fingerprint density at radius 3 is 1.14 bits per heavy atom. The first-order valence-electron chi connectivity index (χ1n) is 26.0. The Bertz CT molecular complexity index is 1710. The largest absolute Gasteiger partial charge is 0.390 e. The molecule has 4 saturated heterocycles. The molecule has 0 amide bonds. The molecule has 452 valence electrons. The minimum Gasteiger partial charge on any atom is -0.390 e. The number of thioether (sulfide) groups is 2. The predicted molar refractivity (Wildman–Crippen MR) is 283 cm³/mol. The van der Waals surface area contributed by atoms with Gasteiger partial charge >= 0.3 is 0 Å². The SMILES string of the molecule is NCC1OC(OC2C(N)CC(N)C(OC3OC(CSCCOCCSSCCOCCSCC4OC(OC5C(N)CC(N)C(OC6OC(CN)C(O)C(O)C6O)C5O)C(O)C(N)C4O)C(O)C(N)C3O)C2O)C(N)CC1O. The van der Waals surface area contributed by atoms with Crippen molar-refractivity contribution in [3.05, 3.63) is 0 Å². The fourth-order valence-corrected chi connectivity index (χ4v) is 13.5. The molecule has 2 saturated carbocycles. The van der Waals surface area contributed by atoms with E-state index in [4.69, 9.17) is 99.0 Å². The van der Waals surface area contributed by atoms with Crippen molar-refractivity contribution in [2.45, 2.75) is 197 Å². The van der Waals surface area contributed by atoms with E-state index in [1.54, 1.807) is 21.6 Å². The van der Waals surface area contributed by atoms with Crippen LogP contribution in [0, 0.1) is 0 Å². The molecular formula is C44H87N9O20S4. The summed E-state index contributed by atoms with van der Waals surface area (Å²) < 4.78 is 58.8. The number of rotatable bonds is 27. The van der Waals surface area contributed by atoms with Crippen LogP contribution in [0.5, 0.6) is 0 Å². The summed E-state index contributed by atoms with van der Waals surface area (Å²) in [4.78, 5) is 0. The summed E-state index contributed by atoms with van der Waals surface area (Å²) in [5.74, 6) is 3.18. The van der Waals surface area contributed by atoms with Crippen LogP contribution in [0.2, 0.25) is 0 Å². The number of ether oxygens (including phenoxy) is 10. The van der Waals surface area contributed by atoms with Crippen molar-refractivity contribution in [2.24, 2.45) is 51.6 Å². The maximum absolute atomic E-state index is 11.4. The molecule has 0 radical (unpaired) electrons. The van der Waals surface area contributed by atoms with Gasteiger partial charge in [0.25, 0.3) is 0 Å². The average molecular weight is 1190 g/mol. The maximum Gasteiger partial charge on any atom is 0.187 e. The van der Waals surface area contributed by atoms with Gasteiger partial charge in [-0.05, 0) is 19.3 Å². The molecule has 77 heavy (non-hydrogen) atoms. The summed E-state index contributed by atoms with van der Waals surface area (Å²) in [6.07, 6.45) is -26.9. The van der Waals surface area contributed by atoms with E-state index >= 15 is 0 Å². The van der Waals surface area contributed by atoms with Gasteiger partial charge in [-0.2, -0.15) is 23.5 Å². The standard InChI is InChI=1S/C44H87N9O20S4/c45-12-22-21(54)11-20(51)41(66-22)70-37-16(47)9-17(48)38(35(37)62)71-42-31(58)26(52)28(55)24(68-42)14-74-5-1-64-3-7-76-77-8-4-65-2-6-75-15-25-29(56)27(53)32(59)43(69-25)72-39-18(49)10-19(50)40(36(39)63)73-44-34(61)33(60)30(57)23(13-46)67-44/h16-44,54-63H,1-15,45-53H2. The zero-order valence-electron chi connectivity index (χ0n) is 42.7. The van der Waals surface area contributed by atoms with E-state index in [-0.39, 0.29) is 38.1 Å². The fraction of sp³-hybridized carbons (Fsp3) is 1.00. The molecule has 33 heteroatoms. The molecule has 0 spiro atoms. The van der Waals surface area contributed by atoms with E-state index in [9.17, 15) is 51.1 Å². The van der Waals surface area contributed by atoms with E-state index in [0.717, 1.165) is 11.5 Å². The molecule has 29 nitrogen and oxygen atoms in total. The van der Waals surface area contributed by atoms with Crippen LogP contribution >= 0.6 is 45.1 Å². The van der Waals surface area contributed by atoms with Crippen LogP contribution in [0.15, 0.2) is 0 Å². The lowest BCUT2D eigenvalue weighted by molar-refractivity contribution is -0.330. The molecule has 29 unspecified atom stereocenters. The van der Waals surface area contributed by atoms with Crippen molar-refractivity contribution in [3.63, 3.8) is 0 Å². The summed E-state index contributed by atoms with van der Waals surface area (Å²) in [6.45, 7) is 1.70. The Morgan fingerprint density at radius 1 is 0.364 bits per heavy atom. The predicted octanol–water partition coefficient (Wildman–Crippen LogP) is -9.68. The summed E-state index contributed by atoms with van der Waals surface area (Å²) in [6, 6.07) is -6.22. The van der Waals surface area contributed by atoms with Crippen LogP contribution in [0.3, 0.4) is 0 Å². The van der Waals surface area contributed by atoms with Gasteiger partial charge in [-0.3, -0.25) is 0 Å². The van der Waals surface area contributed by atoms with Gasteiger partial charge in [0, 0.05) is 71.8 Å². The first-order chi connectivity index (χ1) is 36.7. The minimum atomic E-state index is -1.69. The van der Waals surface area contributed by atoms with Gasteiger partial charge in [-0.25, -0.2) is 0 Å². The number of aliphatic hydroxyl groups excluding tert-OH is 10. The Hall–Kier alpha value is 0.240. The fourth-order valence-electron chi connectivity index (χ4n) is 9.94. The highest BCUT2D eigenvalue weighted by atomic mass is 33.1. The lowest BCUT2D eigenvalue weighted by Gasteiger charge is -2.48. The second-order valence-corrected chi connectivity index (χ2v) is 25.2. The number of hydrogen-bond acceptors (Lipinski definition) is 33. The molecule has 6 aliphatic rings. The zero-order chi connectivity index (χ0) is 56.2. The normalized spacial score (nSPS) is 47.0. The molecule has 0 bridgehead atoms. The van der Waals surface area contributed by atoms with Crippen LogP contribution in [0.4, 0.5) is 0 Å². The Balaban J connectivity index is 0.806. The Kier molecular flexibility index (Phi) is 27.5. The van der Waals surface area contributed by atoms with Crippen molar-refractivity contribution in [2.75, 3.05) is 74.0 Å². The maximum atomic E-state index is 11.4. The summed E-state index contributed by atoms with van der Waals surface area (Å²) in [7, 11) is 3.28. The van der Waals surface area contributed by atoms with E-state index in [2.05, 4.69) is 0 Å². The van der Waals surface area contributed by atoms with E-state index in [1.807, 2.05) is 0 Å². The van der Waals surface area contributed by atoms with Crippen LogP contribution in [0.1, 0.15) is 19.3 Å². The number of aliphatic hydroxyl groups is 10. The van der Waals surface area contributed by atoms with Gasteiger partial charge in [-0.1, -0.05) is 21.6 Å². The van der Waals surface area contributed by atoms with Crippen molar-refractivity contribution in [1.82, 2.24) is 0 Å². The van der Waals surface area contributed by atoms with Gasteiger partial charge in [0.15, 0.2) is 25.2 Å². The van der Waals surface area contributed by atoms with E-state index in [0.29, 0.717) is 43.7 Å². The molecule has 4 heterocycles. The molecule has 0 aromatic heterocycles. The Morgan fingerprint density at radius 2 is 0.727 bits per heavy atom. The van der Waals surface area contributed by atoms with Crippen molar-refractivity contribution < 1.29 is 98.4 Å². The molecule has 4 aliphatic heterocycles. The molecule has 2 aliphatic carbocycles. The van der Waals surface area contributed by atoms with Gasteiger partial charge < -0.3 is 150 Å². The van der Waals surface area contributed by atoms with E-state index < -0.39 is 177 Å². The second-order valence-electron chi connectivity index (χ2n) is 20.2. The summed E-state index contributed by atoms with van der Waals surface area (Å²) >= 11 is 2.90. The van der Waals surface area contributed by atoms with E-state index in [1.165, 1.54) is 23.5 Å². The molecule has 0 aromatic carbocycles. The average Bonchev–Trinajstić information content (AvgIpc) is 3.40. The molecule has 6 rings (SSSR count). The minimum absolute atomic E-state index is 0.0294. The van der Waals surface area contributed by atoms with Gasteiger partial charge in [0.05, 0.1) is 81.2 Å². The first kappa shape index (κ1) is 66.4. The third kappa shape index (κ3) is 17.4. The highest BCUT2D eigenvalue weighted by Crippen LogP contribution is 2.34. The molecule has 0 aromatic rings. The number of nitrogens with two attached hydrogens (primary N) is 9. The summed E-state index contributed by atoms with van der Waals surface area (Å²) in [5, 5.41) is 107. The van der Waals surface area contributed by atoms with Gasteiger partial charge in [0.1, 0.15) is 73.2 Å². The van der Waals surface area contributed by atoms with Gasteiger partial charge in [0.2, 0.25) is 0 Å². The van der Waals surface area contributed by atoms with Crippen LogP contribution in [-0.4, -0.2) is 302 Å². The monoisotopic (exact) mass is 1190 g/mol. The van der Waals surface area contributed by atoms with Crippen LogP contribution in [0.25, 0.3) is 0 Å². The quantitative estimate of drug-likeness (QED) is 0.0268. The lowest BCUT2D eigenvalue weighted by Crippen LogP contribution is -2.68. The number of hydrogen-bond donors (Lipinski definition) is 19. The lowest BCUT2D eigenvalue weighted by atomic mass is 9.84. The third-order valence-electron chi connectivity index (χ3n) is 14.6. The summed E-state index contributed by atoms with van der Waals surface area (Å²) in [5.41, 5.74) is 55.2. The van der Waals surface area contributed by atoms with Crippen LogP contribution in [-0.2, 0) is 47.4 Å². The molecule has 29 atom stereocenters. The van der Waals surface area contributed by atoms with Crippen molar-refractivity contribution in [1.29, 1.82) is 0 Å². The van der Waals surface area contributed by atoms with Gasteiger partial charge in [-0.15, -0.1) is 0 Å². The zero-order valence-corrected chi connectivity index (χ0v) is 46.0. The van der Waals surface area contributed by atoms with Crippen molar-refractivity contribution in [3.8, 4) is 0 Å². The first-order valence-corrected chi connectivity index (χ1v) is 30.8. The topological polar surface area (TPSA) is 529 Å². The smallest absolute Gasteiger partial charge is 0.187 e. The second kappa shape index (κ2) is 31.9. The highest BCUT2D eigenvalue weighted by molar-refractivity contribution is 8.76. The molecule has 6 fully saturated rings.